The summed E-state index contributed by atoms with van der Waals surface area (Å²) >= 11 is 0. The highest BCUT2D eigenvalue weighted by molar-refractivity contribution is 5.80. The second-order valence-electron chi connectivity index (χ2n) is 3.77. The van der Waals surface area contributed by atoms with Crippen LogP contribution in [0.25, 0.3) is 11.1 Å². The van der Waals surface area contributed by atoms with Gasteiger partial charge in [-0.3, -0.25) is 0 Å². The minimum absolute atomic E-state index is 0.136. The lowest BCUT2D eigenvalue weighted by molar-refractivity contribution is 1.12. The van der Waals surface area contributed by atoms with Crippen molar-refractivity contribution in [1.82, 2.24) is 0 Å². The van der Waals surface area contributed by atoms with E-state index >= 15 is 0 Å². The number of benzene rings is 2. The minimum atomic E-state index is 0.136. The zero-order valence-electron chi connectivity index (χ0n) is 8.27. The van der Waals surface area contributed by atoms with Crippen LogP contribution in [0.2, 0.25) is 0 Å². The van der Waals surface area contributed by atoms with Gasteiger partial charge in [-0.2, -0.15) is 0 Å². The fraction of sp³-hybridized carbons (Fsp3) is 0.0667. The van der Waals surface area contributed by atoms with Crippen molar-refractivity contribution in [3.8, 4) is 23.5 Å². The zero-order valence-corrected chi connectivity index (χ0v) is 8.27. The van der Waals surface area contributed by atoms with Gasteiger partial charge >= 0.3 is 0 Å². The molecule has 0 heterocycles. The first kappa shape index (κ1) is 8.32. The maximum atomic E-state index is 5.61. The molecule has 0 radical (unpaired) electrons. The Morgan fingerprint density at radius 1 is 0.800 bits per heavy atom. The van der Waals surface area contributed by atoms with Crippen LogP contribution < -0.4 is 0 Å². The minimum Gasteiger partial charge on any atom is -0.119 e. The summed E-state index contributed by atoms with van der Waals surface area (Å²) in [5.41, 5.74) is 5.11. The molecule has 15 heavy (non-hydrogen) atoms. The van der Waals surface area contributed by atoms with Gasteiger partial charge in [0.2, 0.25) is 0 Å². The number of terminal acetylenes is 1. The average molecular weight is 190 g/mol. The lowest BCUT2D eigenvalue weighted by Crippen LogP contribution is -1.90. The van der Waals surface area contributed by atoms with Crippen LogP contribution in [0.4, 0.5) is 0 Å². The molecule has 0 unspecified atom stereocenters. The molecule has 1 aliphatic carbocycles. The fourth-order valence-electron chi connectivity index (χ4n) is 2.34. The van der Waals surface area contributed by atoms with Crippen LogP contribution in [0.5, 0.6) is 0 Å². The number of rotatable bonds is 0. The molecular formula is C15H10. The summed E-state index contributed by atoms with van der Waals surface area (Å²) < 4.78 is 0. The normalized spacial score (nSPS) is 13.0. The van der Waals surface area contributed by atoms with Crippen molar-refractivity contribution in [2.24, 2.45) is 0 Å². The Morgan fingerprint density at radius 3 is 1.73 bits per heavy atom. The molecule has 2 aromatic carbocycles. The Balaban J connectivity index is 2.37. The molecule has 0 nitrogen and oxygen atoms in total. The van der Waals surface area contributed by atoms with Crippen LogP contribution in [-0.2, 0) is 0 Å². The molecule has 0 aliphatic heterocycles. The second-order valence-corrected chi connectivity index (χ2v) is 3.77. The molecule has 0 spiro atoms. The molecule has 0 saturated heterocycles. The van der Waals surface area contributed by atoms with Crippen LogP contribution in [0.3, 0.4) is 0 Å². The largest absolute Gasteiger partial charge is 0.119 e. The molecular weight excluding hydrogens is 180 g/mol. The standard InChI is InChI=1S/C15H10/c1-2-11-12-7-3-5-9-14(12)15-10-6-4-8-13(11)15/h1,3-11H. The molecule has 0 amide bonds. The van der Waals surface area contributed by atoms with Gasteiger partial charge in [-0.05, 0) is 22.3 Å². The van der Waals surface area contributed by atoms with E-state index in [1.807, 2.05) is 0 Å². The molecule has 0 N–H and O–H groups in total. The molecule has 0 saturated carbocycles. The molecule has 0 atom stereocenters. The number of hydrogen-bond acceptors (Lipinski definition) is 0. The highest BCUT2D eigenvalue weighted by atomic mass is 14.3. The van der Waals surface area contributed by atoms with Crippen LogP contribution in [-0.4, -0.2) is 0 Å². The van der Waals surface area contributed by atoms with Crippen LogP contribution >= 0.6 is 0 Å². The first-order valence-electron chi connectivity index (χ1n) is 5.06. The lowest BCUT2D eigenvalue weighted by Gasteiger charge is -2.03. The third-order valence-corrected chi connectivity index (χ3v) is 3.00. The SMILES string of the molecule is C#CC1c2ccccc2-c2ccccc21. The van der Waals surface area contributed by atoms with Gasteiger partial charge in [-0.25, -0.2) is 0 Å². The molecule has 0 fully saturated rings. The molecule has 70 valence electrons. The Kier molecular flexibility index (Phi) is 1.66. The van der Waals surface area contributed by atoms with Gasteiger partial charge in [0.25, 0.3) is 0 Å². The van der Waals surface area contributed by atoms with Gasteiger partial charge in [-0.1, -0.05) is 54.5 Å². The van der Waals surface area contributed by atoms with E-state index in [4.69, 9.17) is 6.42 Å². The maximum absolute atomic E-state index is 5.61. The van der Waals surface area contributed by atoms with Crippen LogP contribution in [0, 0.1) is 12.3 Å². The predicted molar refractivity (Wildman–Crippen MR) is 62.6 cm³/mol. The maximum Gasteiger partial charge on any atom is 0.0711 e. The highest BCUT2D eigenvalue weighted by Crippen LogP contribution is 2.43. The zero-order chi connectivity index (χ0) is 10.3. The van der Waals surface area contributed by atoms with E-state index in [9.17, 15) is 0 Å². The molecule has 0 bridgehead atoms. The summed E-state index contributed by atoms with van der Waals surface area (Å²) in [6.07, 6.45) is 5.61. The Hall–Kier alpha value is -2.00. The summed E-state index contributed by atoms with van der Waals surface area (Å²) in [7, 11) is 0. The highest BCUT2D eigenvalue weighted by Gasteiger charge is 2.25. The van der Waals surface area contributed by atoms with Crippen molar-refractivity contribution in [3.05, 3.63) is 59.7 Å². The van der Waals surface area contributed by atoms with E-state index in [1.165, 1.54) is 22.3 Å². The van der Waals surface area contributed by atoms with Crippen molar-refractivity contribution in [1.29, 1.82) is 0 Å². The Bertz CT molecular complexity index is 513. The van der Waals surface area contributed by atoms with E-state index in [1.54, 1.807) is 0 Å². The summed E-state index contributed by atoms with van der Waals surface area (Å²) in [4.78, 5) is 0. The Labute approximate surface area is 89.6 Å². The molecule has 0 aromatic heterocycles. The van der Waals surface area contributed by atoms with E-state index < -0.39 is 0 Å². The van der Waals surface area contributed by atoms with E-state index in [-0.39, 0.29) is 5.92 Å². The topological polar surface area (TPSA) is 0 Å². The summed E-state index contributed by atoms with van der Waals surface area (Å²) in [5.74, 6) is 3.01. The van der Waals surface area contributed by atoms with Crippen LogP contribution in [0.1, 0.15) is 17.0 Å². The molecule has 0 heteroatoms. The first-order valence-corrected chi connectivity index (χ1v) is 5.06. The third-order valence-electron chi connectivity index (χ3n) is 3.00. The van der Waals surface area contributed by atoms with Gasteiger partial charge < -0.3 is 0 Å². The average Bonchev–Trinajstić information content (AvgIpc) is 2.63. The predicted octanol–water partition coefficient (Wildman–Crippen LogP) is 3.43. The van der Waals surface area contributed by atoms with E-state index in [0.717, 1.165) is 0 Å². The van der Waals surface area contributed by atoms with E-state index in [2.05, 4.69) is 54.5 Å². The van der Waals surface area contributed by atoms with E-state index in [0.29, 0.717) is 0 Å². The fourth-order valence-corrected chi connectivity index (χ4v) is 2.34. The van der Waals surface area contributed by atoms with Gasteiger partial charge in [0, 0.05) is 0 Å². The smallest absolute Gasteiger partial charge is 0.0711 e. The quantitative estimate of drug-likeness (QED) is 0.558. The third kappa shape index (κ3) is 1.04. The van der Waals surface area contributed by atoms with Gasteiger partial charge in [-0.15, -0.1) is 6.42 Å². The summed E-state index contributed by atoms with van der Waals surface area (Å²) in [5, 5.41) is 0. The van der Waals surface area contributed by atoms with Gasteiger partial charge in [0.05, 0.1) is 5.92 Å². The lowest BCUT2D eigenvalue weighted by atomic mass is 9.98. The number of hydrogen-bond donors (Lipinski definition) is 0. The monoisotopic (exact) mass is 190 g/mol. The summed E-state index contributed by atoms with van der Waals surface area (Å²) in [6.45, 7) is 0. The second kappa shape index (κ2) is 3.00. The van der Waals surface area contributed by atoms with Crippen molar-refractivity contribution in [3.63, 3.8) is 0 Å². The van der Waals surface area contributed by atoms with Crippen molar-refractivity contribution >= 4 is 0 Å². The van der Waals surface area contributed by atoms with Crippen LogP contribution in [0.15, 0.2) is 48.5 Å². The van der Waals surface area contributed by atoms with Crippen molar-refractivity contribution in [2.75, 3.05) is 0 Å². The Morgan fingerprint density at radius 2 is 1.27 bits per heavy atom. The first-order chi connectivity index (χ1) is 7.42. The van der Waals surface area contributed by atoms with Gasteiger partial charge in [0.1, 0.15) is 0 Å². The molecule has 2 aromatic rings. The number of fused-ring (bicyclic) bond motifs is 3. The molecule has 1 aliphatic rings. The van der Waals surface area contributed by atoms with Gasteiger partial charge in [0.15, 0.2) is 0 Å². The van der Waals surface area contributed by atoms with Crippen molar-refractivity contribution in [2.45, 2.75) is 5.92 Å². The molecule has 3 rings (SSSR count). The summed E-state index contributed by atoms with van der Waals surface area (Å²) in [6, 6.07) is 16.8. The van der Waals surface area contributed by atoms with Crippen molar-refractivity contribution < 1.29 is 0 Å².